The van der Waals surface area contributed by atoms with Crippen LogP contribution in [-0.2, 0) is 19.9 Å². The number of fused-ring (bicyclic) bond motifs is 1. The number of aromatic nitrogens is 2. The molecule has 0 saturated carbocycles. The van der Waals surface area contributed by atoms with Crippen LogP contribution in [-0.4, -0.2) is 15.8 Å². The number of aryl methyl sites for hydroxylation is 2. The number of hydrogen-bond donors (Lipinski definition) is 1. The third-order valence-corrected chi connectivity index (χ3v) is 4.15. The van der Waals surface area contributed by atoms with Crippen molar-refractivity contribution in [2.45, 2.75) is 25.3 Å². The molecule has 1 aromatic heterocycles. The van der Waals surface area contributed by atoms with Crippen LogP contribution < -0.4 is 10.9 Å². The van der Waals surface area contributed by atoms with Gasteiger partial charge in [0.1, 0.15) is 5.02 Å². The Morgan fingerprint density at radius 1 is 1.35 bits per heavy atom. The van der Waals surface area contributed by atoms with E-state index in [9.17, 15) is 4.79 Å². The Morgan fingerprint density at radius 3 is 2.90 bits per heavy atom. The highest BCUT2D eigenvalue weighted by Gasteiger charge is 2.19. The normalized spacial score (nSPS) is 17.6. The van der Waals surface area contributed by atoms with Gasteiger partial charge in [0.2, 0.25) is 0 Å². The molecule has 1 aliphatic carbocycles. The monoisotopic (exact) mass is 289 g/mol. The lowest BCUT2D eigenvalue weighted by Crippen LogP contribution is -2.29. The SMILES string of the molecule is Cn1ncc(NC2CCc3ccccc3C2)c(Cl)c1=O. The van der Waals surface area contributed by atoms with E-state index in [0.29, 0.717) is 5.69 Å². The standard InChI is InChI=1S/C15H16ClN3O/c1-19-15(20)14(16)13(9-17-19)18-12-7-6-10-4-2-3-5-11(10)8-12/h2-5,9,12,18H,6-8H2,1H3. The highest BCUT2D eigenvalue weighted by molar-refractivity contribution is 6.32. The van der Waals surface area contributed by atoms with E-state index in [1.165, 1.54) is 15.8 Å². The second-order valence-corrected chi connectivity index (χ2v) is 5.53. The van der Waals surface area contributed by atoms with E-state index in [1.54, 1.807) is 13.2 Å². The van der Waals surface area contributed by atoms with Crippen LogP contribution in [0.4, 0.5) is 5.69 Å². The molecule has 1 heterocycles. The number of nitrogens with one attached hydrogen (secondary N) is 1. The van der Waals surface area contributed by atoms with Gasteiger partial charge in [-0.2, -0.15) is 5.10 Å². The van der Waals surface area contributed by atoms with Gasteiger partial charge in [0.15, 0.2) is 0 Å². The molecule has 5 heteroatoms. The zero-order valence-corrected chi connectivity index (χ0v) is 12.0. The average molecular weight is 290 g/mol. The van der Waals surface area contributed by atoms with Gasteiger partial charge >= 0.3 is 0 Å². The lowest BCUT2D eigenvalue weighted by atomic mass is 9.88. The summed E-state index contributed by atoms with van der Waals surface area (Å²) < 4.78 is 1.24. The second kappa shape index (κ2) is 5.29. The van der Waals surface area contributed by atoms with Crippen LogP contribution in [0.5, 0.6) is 0 Å². The van der Waals surface area contributed by atoms with Crippen molar-refractivity contribution in [3.8, 4) is 0 Å². The average Bonchev–Trinajstić information content (AvgIpc) is 2.48. The molecule has 1 aliphatic rings. The molecule has 1 N–H and O–H groups in total. The van der Waals surface area contributed by atoms with Crippen molar-refractivity contribution < 1.29 is 0 Å². The maximum Gasteiger partial charge on any atom is 0.287 e. The summed E-state index contributed by atoms with van der Waals surface area (Å²) in [5, 5.41) is 7.57. The largest absolute Gasteiger partial charge is 0.379 e. The van der Waals surface area contributed by atoms with E-state index in [-0.39, 0.29) is 16.6 Å². The number of hydrogen-bond acceptors (Lipinski definition) is 3. The van der Waals surface area contributed by atoms with E-state index in [4.69, 9.17) is 11.6 Å². The maximum absolute atomic E-state index is 11.8. The molecule has 4 nitrogen and oxygen atoms in total. The van der Waals surface area contributed by atoms with E-state index in [2.05, 4.69) is 34.7 Å². The summed E-state index contributed by atoms with van der Waals surface area (Å²) in [4.78, 5) is 11.8. The van der Waals surface area contributed by atoms with Gasteiger partial charge in [0.05, 0.1) is 11.9 Å². The molecular formula is C15H16ClN3O. The van der Waals surface area contributed by atoms with E-state index >= 15 is 0 Å². The summed E-state index contributed by atoms with van der Waals surface area (Å²) in [6.45, 7) is 0. The molecule has 0 fully saturated rings. The van der Waals surface area contributed by atoms with Crippen molar-refractivity contribution in [1.29, 1.82) is 0 Å². The number of rotatable bonds is 2. The summed E-state index contributed by atoms with van der Waals surface area (Å²) in [5.41, 5.74) is 3.13. The fourth-order valence-electron chi connectivity index (χ4n) is 2.65. The minimum Gasteiger partial charge on any atom is -0.379 e. The topological polar surface area (TPSA) is 46.9 Å². The molecular weight excluding hydrogens is 274 g/mol. The lowest BCUT2D eigenvalue weighted by Gasteiger charge is -2.26. The first-order chi connectivity index (χ1) is 9.65. The first-order valence-electron chi connectivity index (χ1n) is 6.70. The van der Waals surface area contributed by atoms with Gasteiger partial charge in [-0.1, -0.05) is 35.9 Å². The fourth-order valence-corrected chi connectivity index (χ4v) is 2.88. The molecule has 104 valence electrons. The van der Waals surface area contributed by atoms with E-state index < -0.39 is 0 Å². The van der Waals surface area contributed by atoms with E-state index in [1.807, 2.05) is 0 Å². The van der Waals surface area contributed by atoms with Crippen LogP contribution >= 0.6 is 11.6 Å². The van der Waals surface area contributed by atoms with Crippen LogP contribution in [0.1, 0.15) is 17.5 Å². The summed E-state index contributed by atoms with van der Waals surface area (Å²) in [5.74, 6) is 0. The molecule has 1 unspecified atom stereocenters. The third kappa shape index (κ3) is 2.43. The van der Waals surface area contributed by atoms with Crippen LogP contribution in [0.15, 0.2) is 35.3 Å². The Balaban J connectivity index is 1.81. The molecule has 0 aliphatic heterocycles. The van der Waals surface area contributed by atoms with Gasteiger partial charge in [0, 0.05) is 13.1 Å². The van der Waals surface area contributed by atoms with Gasteiger partial charge in [-0.25, -0.2) is 4.68 Å². The minimum absolute atomic E-state index is 0.210. The first-order valence-corrected chi connectivity index (χ1v) is 7.08. The number of halogens is 1. The molecule has 3 rings (SSSR count). The fraction of sp³-hybridized carbons (Fsp3) is 0.333. The molecule has 1 atom stereocenters. The van der Waals surface area contributed by atoms with Crippen molar-refractivity contribution in [3.63, 3.8) is 0 Å². The highest BCUT2D eigenvalue weighted by Crippen LogP contribution is 2.25. The van der Waals surface area contributed by atoms with Crippen LogP contribution in [0.25, 0.3) is 0 Å². The molecule has 1 aromatic carbocycles. The van der Waals surface area contributed by atoms with Crippen molar-refractivity contribution in [1.82, 2.24) is 9.78 Å². The zero-order chi connectivity index (χ0) is 14.1. The molecule has 0 amide bonds. The molecule has 0 saturated heterocycles. The van der Waals surface area contributed by atoms with Crippen molar-refractivity contribution in [2.75, 3.05) is 5.32 Å². The Kier molecular flexibility index (Phi) is 3.49. The predicted octanol–water partition coefficient (Wildman–Crippen LogP) is 2.40. The van der Waals surface area contributed by atoms with Gasteiger partial charge < -0.3 is 5.32 Å². The Morgan fingerprint density at radius 2 is 2.10 bits per heavy atom. The quantitative estimate of drug-likeness (QED) is 0.923. The Bertz CT molecular complexity index is 696. The van der Waals surface area contributed by atoms with Gasteiger partial charge in [0.25, 0.3) is 5.56 Å². The van der Waals surface area contributed by atoms with Crippen molar-refractivity contribution >= 4 is 17.3 Å². The van der Waals surface area contributed by atoms with Gasteiger partial charge in [-0.15, -0.1) is 0 Å². The highest BCUT2D eigenvalue weighted by atomic mass is 35.5. The predicted molar refractivity (Wildman–Crippen MR) is 80.4 cm³/mol. The summed E-state index contributed by atoms with van der Waals surface area (Å²) in [6, 6.07) is 8.77. The van der Waals surface area contributed by atoms with Crippen LogP contribution in [0.3, 0.4) is 0 Å². The molecule has 0 spiro atoms. The third-order valence-electron chi connectivity index (χ3n) is 3.78. The first kappa shape index (κ1) is 13.2. The molecule has 0 bridgehead atoms. The van der Waals surface area contributed by atoms with Crippen molar-refractivity contribution in [2.24, 2.45) is 7.05 Å². The molecule has 2 aromatic rings. The summed E-state index contributed by atoms with van der Waals surface area (Å²) in [6.07, 6.45) is 4.64. The maximum atomic E-state index is 11.8. The lowest BCUT2D eigenvalue weighted by molar-refractivity contribution is 0.608. The summed E-state index contributed by atoms with van der Waals surface area (Å²) in [7, 11) is 1.59. The zero-order valence-electron chi connectivity index (χ0n) is 11.3. The summed E-state index contributed by atoms with van der Waals surface area (Å²) >= 11 is 6.08. The Hall–Kier alpha value is -1.81. The van der Waals surface area contributed by atoms with Gasteiger partial charge in [-0.05, 0) is 30.4 Å². The molecule has 20 heavy (non-hydrogen) atoms. The number of nitrogens with zero attached hydrogens (tertiary/aromatic N) is 2. The van der Waals surface area contributed by atoms with Crippen LogP contribution in [0, 0.1) is 0 Å². The van der Waals surface area contributed by atoms with Gasteiger partial charge in [-0.3, -0.25) is 4.79 Å². The Labute approximate surface area is 122 Å². The number of anilines is 1. The second-order valence-electron chi connectivity index (χ2n) is 5.15. The smallest absolute Gasteiger partial charge is 0.287 e. The van der Waals surface area contributed by atoms with Crippen LogP contribution in [0.2, 0.25) is 5.02 Å². The van der Waals surface area contributed by atoms with E-state index in [0.717, 1.165) is 19.3 Å². The molecule has 0 radical (unpaired) electrons. The van der Waals surface area contributed by atoms with Crippen molar-refractivity contribution in [3.05, 3.63) is 57.0 Å². The minimum atomic E-state index is -0.270. The number of benzene rings is 1.